The molecule has 0 aliphatic carbocycles. The van der Waals surface area contributed by atoms with Crippen molar-refractivity contribution in [2.45, 2.75) is 6.92 Å². The molecule has 0 atom stereocenters. The molecule has 23 heavy (non-hydrogen) atoms. The van der Waals surface area contributed by atoms with Crippen LogP contribution in [0.5, 0.6) is 0 Å². The summed E-state index contributed by atoms with van der Waals surface area (Å²) in [5, 5.41) is 2.65. The maximum atomic E-state index is 11.7. The largest absolute Gasteiger partial charge is 0.355 e. The number of hydrogen-bond acceptors (Lipinski definition) is 3. The summed E-state index contributed by atoms with van der Waals surface area (Å²) in [7, 11) is 1.64. The maximum absolute atomic E-state index is 11.7. The molecule has 2 heterocycles. The van der Waals surface area contributed by atoms with E-state index in [0.29, 0.717) is 5.56 Å². The summed E-state index contributed by atoms with van der Waals surface area (Å²) in [4.78, 5) is 17.4. The van der Waals surface area contributed by atoms with E-state index in [4.69, 9.17) is 4.98 Å². The number of nitrogens with one attached hydrogen (secondary N) is 1. The van der Waals surface area contributed by atoms with Gasteiger partial charge in [0.25, 0.3) is 5.91 Å². The van der Waals surface area contributed by atoms with Gasteiger partial charge in [-0.25, -0.2) is 4.98 Å². The molecule has 0 bridgehead atoms. The number of aryl methyl sites for hydroxylation is 1. The molecule has 0 saturated carbocycles. The lowest BCUT2D eigenvalue weighted by molar-refractivity contribution is 0.0963. The molecule has 4 rings (SSSR count). The standard InChI is InChI=1S/C18H15N3OS/c1-11-3-5-12(6-4-11)14-10-21-15-8-7-13(17(22)19-2)9-16(15)23-18(21)20-14/h3-10H,1-2H3,(H,19,22). The molecule has 0 saturated heterocycles. The zero-order valence-corrected chi connectivity index (χ0v) is 13.6. The zero-order valence-electron chi connectivity index (χ0n) is 12.8. The number of thiazole rings is 1. The first-order valence-corrected chi connectivity index (χ1v) is 8.18. The van der Waals surface area contributed by atoms with E-state index in [1.165, 1.54) is 5.56 Å². The molecule has 2 aromatic carbocycles. The van der Waals surface area contributed by atoms with E-state index in [2.05, 4.69) is 47.1 Å². The number of benzene rings is 2. The first kappa shape index (κ1) is 14.0. The lowest BCUT2D eigenvalue weighted by atomic mass is 10.1. The van der Waals surface area contributed by atoms with Gasteiger partial charge >= 0.3 is 0 Å². The SMILES string of the molecule is CNC(=O)c1ccc2c(c1)sc1nc(-c3ccc(C)cc3)cn12. The first-order chi connectivity index (χ1) is 11.2. The minimum Gasteiger partial charge on any atom is -0.355 e. The van der Waals surface area contributed by atoms with E-state index in [1.54, 1.807) is 18.4 Å². The van der Waals surface area contributed by atoms with Gasteiger partial charge in [-0.05, 0) is 25.1 Å². The highest BCUT2D eigenvalue weighted by Crippen LogP contribution is 2.30. The van der Waals surface area contributed by atoms with Crippen LogP contribution in [-0.2, 0) is 0 Å². The van der Waals surface area contributed by atoms with Gasteiger partial charge in [0.05, 0.1) is 15.9 Å². The highest BCUT2D eigenvalue weighted by molar-refractivity contribution is 7.23. The number of amides is 1. The molecular formula is C18H15N3OS. The van der Waals surface area contributed by atoms with Crippen LogP contribution in [0.1, 0.15) is 15.9 Å². The Hall–Kier alpha value is -2.66. The van der Waals surface area contributed by atoms with Crippen molar-refractivity contribution in [3.63, 3.8) is 0 Å². The second kappa shape index (κ2) is 5.21. The Bertz CT molecular complexity index is 1030. The lowest BCUT2D eigenvalue weighted by Gasteiger charge is -1.99. The molecule has 4 nitrogen and oxygen atoms in total. The van der Waals surface area contributed by atoms with E-state index >= 15 is 0 Å². The third-order valence-electron chi connectivity index (χ3n) is 3.93. The second-order valence-electron chi connectivity index (χ2n) is 5.51. The highest BCUT2D eigenvalue weighted by Gasteiger charge is 2.12. The summed E-state index contributed by atoms with van der Waals surface area (Å²) in [5.41, 5.74) is 5.06. The highest BCUT2D eigenvalue weighted by atomic mass is 32.1. The summed E-state index contributed by atoms with van der Waals surface area (Å²) >= 11 is 1.59. The van der Waals surface area contributed by atoms with Crippen molar-refractivity contribution < 1.29 is 4.79 Å². The van der Waals surface area contributed by atoms with Gasteiger partial charge in [0.15, 0.2) is 4.96 Å². The first-order valence-electron chi connectivity index (χ1n) is 7.36. The third kappa shape index (κ3) is 2.29. The normalized spacial score (nSPS) is 11.2. The molecule has 5 heteroatoms. The van der Waals surface area contributed by atoms with Crippen LogP contribution in [0.15, 0.2) is 48.7 Å². The van der Waals surface area contributed by atoms with Crippen molar-refractivity contribution in [3.05, 3.63) is 59.8 Å². The van der Waals surface area contributed by atoms with Crippen LogP contribution in [0.2, 0.25) is 0 Å². The van der Waals surface area contributed by atoms with E-state index < -0.39 is 0 Å². The Balaban J connectivity index is 1.84. The molecule has 0 aliphatic rings. The fourth-order valence-electron chi connectivity index (χ4n) is 2.65. The Morgan fingerprint density at radius 2 is 1.96 bits per heavy atom. The number of hydrogen-bond donors (Lipinski definition) is 1. The molecule has 0 aliphatic heterocycles. The van der Waals surface area contributed by atoms with E-state index in [-0.39, 0.29) is 5.91 Å². The smallest absolute Gasteiger partial charge is 0.251 e. The Labute approximate surface area is 137 Å². The molecule has 0 spiro atoms. The van der Waals surface area contributed by atoms with E-state index in [1.807, 2.05) is 18.2 Å². The molecule has 1 amide bonds. The summed E-state index contributed by atoms with van der Waals surface area (Å²) < 4.78 is 3.15. The Morgan fingerprint density at radius 1 is 1.17 bits per heavy atom. The average molecular weight is 321 g/mol. The van der Waals surface area contributed by atoms with Gasteiger partial charge in [-0.2, -0.15) is 0 Å². The zero-order chi connectivity index (χ0) is 16.0. The number of nitrogens with zero attached hydrogens (tertiary/aromatic N) is 2. The summed E-state index contributed by atoms with van der Waals surface area (Å²) in [6.45, 7) is 2.08. The topological polar surface area (TPSA) is 46.4 Å². The van der Waals surface area contributed by atoms with Crippen LogP contribution < -0.4 is 5.32 Å². The minimum absolute atomic E-state index is 0.0710. The van der Waals surface area contributed by atoms with Gasteiger partial charge in [-0.1, -0.05) is 41.2 Å². The number of carbonyl (C=O) groups excluding carboxylic acids is 1. The van der Waals surface area contributed by atoms with Crippen LogP contribution in [-0.4, -0.2) is 22.3 Å². The van der Waals surface area contributed by atoms with Gasteiger partial charge in [0.2, 0.25) is 0 Å². The van der Waals surface area contributed by atoms with Crippen molar-refractivity contribution in [1.82, 2.24) is 14.7 Å². The fraction of sp³-hybridized carbons (Fsp3) is 0.111. The van der Waals surface area contributed by atoms with Crippen molar-refractivity contribution in [3.8, 4) is 11.3 Å². The molecule has 0 fully saturated rings. The Kier molecular flexibility index (Phi) is 3.16. The number of rotatable bonds is 2. The number of imidazole rings is 1. The molecule has 2 aromatic heterocycles. The maximum Gasteiger partial charge on any atom is 0.251 e. The van der Waals surface area contributed by atoms with Crippen molar-refractivity contribution in [1.29, 1.82) is 0 Å². The van der Waals surface area contributed by atoms with Crippen LogP contribution in [0.4, 0.5) is 0 Å². The number of carbonyl (C=O) groups is 1. The fourth-order valence-corrected chi connectivity index (χ4v) is 3.70. The van der Waals surface area contributed by atoms with Gasteiger partial charge in [-0.15, -0.1) is 0 Å². The summed E-state index contributed by atoms with van der Waals surface area (Å²) in [6, 6.07) is 14.1. The summed E-state index contributed by atoms with van der Waals surface area (Å²) in [6.07, 6.45) is 2.05. The average Bonchev–Trinajstić information content (AvgIpc) is 3.11. The quantitative estimate of drug-likeness (QED) is 0.609. The molecule has 1 N–H and O–H groups in total. The van der Waals surface area contributed by atoms with Crippen molar-refractivity contribution in [2.24, 2.45) is 0 Å². The minimum atomic E-state index is -0.0710. The predicted octanol–water partition coefficient (Wildman–Crippen LogP) is 3.88. The van der Waals surface area contributed by atoms with Crippen LogP contribution >= 0.6 is 11.3 Å². The van der Waals surface area contributed by atoms with Gasteiger partial charge < -0.3 is 5.32 Å². The van der Waals surface area contributed by atoms with E-state index in [0.717, 1.165) is 26.4 Å². The summed E-state index contributed by atoms with van der Waals surface area (Å²) in [5.74, 6) is -0.0710. The molecule has 0 unspecified atom stereocenters. The monoisotopic (exact) mass is 321 g/mol. The van der Waals surface area contributed by atoms with Crippen molar-refractivity contribution in [2.75, 3.05) is 7.05 Å². The van der Waals surface area contributed by atoms with Gasteiger partial charge in [-0.3, -0.25) is 9.20 Å². The Morgan fingerprint density at radius 3 is 2.70 bits per heavy atom. The van der Waals surface area contributed by atoms with Crippen LogP contribution in [0, 0.1) is 6.92 Å². The van der Waals surface area contributed by atoms with Gasteiger partial charge in [0, 0.05) is 24.4 Å². The molecule has 0 radical (unpaired) electrons. The van der Waals surface area contributed by atoms with E-state index in [9.17, 15) is 4.79 Å². The molecule has 114 valence electrons. The molecule has 4 aromatic rings. The lowest BCUT2D eigenvalue weighted by Crippen LogP contribution is -2.17. The van der Waals surface area contributed by atoms with Gasteiger partial charge in [0.1, 0.15) is 0 Å². The van der Waals surface area contributed by atoms with Crippen molar-refractivity contribution >= 4 is 32.4 Å². The third-order valence-corrected chi connectivity index (χ3v) is 4.95. The number of fused-ring (bicyclic) bond motifs is 3. The predicted molar refractivity (Wildman–Crippen MR) is 94.1 cm³/mol. The second-order valence-corrected chi connectivity index (χ2v) is 6.52. The van der Waals surface area contributed by atoms with Crippen LogP contribution in [0.3, 0.4) is 0 Å². The van der Waals surface area contributed by atoms with Crippen LogP contribution in [0.25, 0.3) is 26.4 Å². The number of aromatic nitrogens is 2. The molecular weight excluding hydrogens is 306 g/mol.